The molecule has 34 heavy (non-hydrogen) atoms. The number of hydrogen-bond acceptors (Lipinski definition) is 5. The molecule has 0 spiro atoms. The number of nitrogens with one attached hydrogen (secondary N) is 1. The molecule has 3 aromatic rings. The highest BCUT2D eigenvalue weighted by Gasteiger charge is 2.22. The second kappa shape index (κ2) is 11.6. The summed E-state index contributed by atoms with van der Waals surface area (Å²) in [7, 11) is 0. The van der Waals surface area contributed by atoms with Gasteiger partial charge in [-0.15, -0.1) is 0 Å². The van der Waals surface area contributed by atoms with Crippen molar-refractivity contribution in [1.82, 2.24) is 14.9 Å². The van der Waals surface area contributed by atoms with Crippen molar-refractivity contribution in [2.75, 3.05) is 0 Å². The third-order valence-corrected chi connectivity index (χ3v) is 5.77. The molecule has 0 fully saturated rings. The van der Waals surface area contributed by atoms with Crippen molar-refractivity contribution in [3.05, 3.63) is 73.1 Å². The zero-order chi connectivity index (χ0) is 25.6. The maximum Gasteiger partial charge on any atom is 0.326 e. The van der Waals surface area contributed by atoms with Gasteiger partial charge >= 0.3 is 5.97 Å². The van der Waals surface area contributed by atoms with E-state index >= 15 is 0 Å². The van der Waals surface area contributed by atoms with E-state index in [4.69, 9.17) is 16.3 Å². The number of benzene rings is 1. The highest BCUT2D eigenvalue weighted by molar-refractivity contribution is 9.10. The number of pyridine rings is 2. The van der Waals surface area contributed by atoms with Gasteiger partial charge in [0.25, 0.3) is 11.5 Å². The molecular formula is C25H29BrClN3O4. The molecule has 1 amide bonds. The minimum absolute atomic E-state index is 0.144. The Labute approximate surface area is 212 Å². The Balaban J connectivity index is 0.00000199. The summed E-state index contributed by atoms with van der Waals surface area (Å²) < 4.78 is 6.96. The molecule has 0 radical (unpaired) electrons. The standard InChI is InChI=1S/C23H23BrClN3O4.C2H6/c1-13-5-7-14(8-6-13)10-27-21(30)16-9-15-19(25)17(24)11-26-20(15)28(22(16)31)12-18(29)32-23(2,3)4;1-2/h5-9,11H,10,12H2,1-4H3,(H,27,30);1-2H3. The van der Waals surface area contributed by atoms with Crippen LogP contribution in [0.4, 0.5) is 0 Å². The molecule has 2 heterocycles. The molecule has 0 aliphatic carbocycles. The molecule has 0 unspecified atom stereocenters. The molecule has 7 nitrogen and oxygen atoms in total. The van der Waals surface area contributed by atoms with Crippen LogP contribution in [0.5, 0.6) is 0 Å². The normalized spacial score (nSPS) is 10.9. The van der Waals surface area contributed by atoms with Gasteiger partial charge in [0.1, 0.15) is 23.4 Å². The number of aromatic nitrogens is 2. The average molecular weight is 551 g/mol. The predicted molar refractivity (Wildman–Crippen MR) is 138 cm³/mol. The third-order valence-electron chi connectivity index (χ3n) is 4.53. The summed E-state index contributed by atoms with van der Waals surface area (Å²) in [5, 5.41) is 3.39. The summed E-state index contributed by atoms with van der Waals surface area (Å²) in [6.45, 7) is 11.0. The second-order valence-electron chi connectivity index (χ2n) is 8.36. The summed E-state index contributed by atoms with van der Waals surface area (Å²) in [4.78, 5) is 42.8. The number of nitrogens with zero attached hydrogens (tertiary/aromatic N) is 2. The Morgan fingerprint density at radius 3 is 2.38 bits per heavy atom. The number of fused-ring (bicyclic) bond motifs is 1. The molecule has 0 saturated carbocycles. The minimum atomic E-state index is -0.729. The van der Waals surface area contributed by atoms with E-state index < -0.39 is 29.6 Å². The topological polar surface area (TPSA) is 90.3 Å². The first-order chi connectivity index (χ1) is 16.0. The van der Waals surface area contributed by atoms with Crippen molar-refractivity contribution in [1.29, 1.82) is 0 Å². The maximum absolute atomic E-state index is 13.2. The molecule has 9 heteroatoms. The fourth-order valence-corrected chi connectivity index (χ4v) is 3.56. The van der Waals surface area contributed by atoms with Crippen LogP contribution in [-0.2, 0) is 22.6 Å². The highest BCUT2D eigenvalue weighted by atomic mass is 79.9. The summed E-state index contributed by atoms with van der Waals surface area (Å²) in [6.07, 6.45) is 1.44. The average Bonchev–Trinajstić information content (AvgIpc) is 2.77. The predicted octanol–water partition coefficient (Wildman–Crippen LogP) is 5.42. The monoisotopic (exact) mass is 549 g/mol. The van der Waals surface area contributed by atoms with Gasteiger partial charge in [-0.25, -0.2) is 4.98 Å². The Hall–Kier alpha value is -2.71. The van der Waals surface area contributed by atoms with Gasteiger partial charge in [-0.3, -0.25) is 19.0 Å². The number of esters is 1. The van der Waals surface area contributed by atoms with Crippen molar-refractivity contribution >= 4 is 50.4 Å². The lowest BCUT2D eigenvalue weighted by Crippen LogP contribution is -2.36. The van der Waals surface area contributed by atoms with E-state index in [0.717, 1.165) is 15.7 Å². The molecule has 1 N–H and O–H groups in total. The molecule has 0 saturated heterocycles. The van der Waals surface area contributed by atoms with Crippen molar-refractivity contribution in [2.45, 2.75) is 60.2 Å². The van der Waals surface area contributed by atoms with Crippen LogP contribution in [-0.4, -0.2) is 27.0 Å². The molecule has 3 rings (SSSR count). The van der Waals surface area contributed by atoms with Gasteiger partial charge in [-0.1, -0.05) is 55.3 Å². The van der Waals surface area contributed by atoms with Gasteiger partial charge < -0.3 is 10.1 Å². The van der Waals surface area contributed by atoms with Crippen molar-refractivity contribution in [3.63, 3.8) is 0 Å². The van der Waals surface area contributed by atoms with Gasteiger partial charge in [0.2, 0.25) is 0 Å². The minimum Gasteiger partial charge on any atom is -0.459 e. The van der Waals surface area contributed by atoms with Gasteiger partial charge in [0.15, 0.2) is 0 Å². The lowest BCUT2D eigenvalue weighted by molar-refractivity contribution is -0.155. The molecule has 0 aliphatic heterocycles. The Kier molecular flexibility index (Phi) is 9.41. The largest absolute Gasteiger partial charge is 0.459 e. The molecule has 0 bridgehead atoms. The maximum atomic E-state index is 13.2. The number of rotatable bonds is 5. The molecule has 182 valence electrons. The van der Waals surface area contributed by atoms with Crippen LogP contribution >= 0.6 is 27.5 Å². The van der Waals surface area contributed by atoms with Gasteiger partial charge in [0, 0.05) is 18.1 Å². The Morgan fingerprint density at radius 1 is 1.18 bits per heavy atom. The first kappa shape index (κ1) is 27.5. The number of hydrogen-bond donors (Lipinski definition) is 1. The zero-order valence-electron chi connectivity index (χ0n) is 20.2. The van der Waals surface area contributed by atoms with Gasteiger partial charge in [-0.05, 0) is 55.3 Å². The fourth-order valence-electron chi connectivity index (χ4n) is 3.06. The number of carbonyl (C=O) groups excluding carboxylic acids is 2. The van der Waals surface area contributed by atoms with E-state index in [1.165, 1.54) is 12.3 Å². The van der Waals surface area contributed by atoms with E-state index in [9.17, 15) is 14.4 Å². The third kappa shape index (κ3) is 6.90. The summed E-state index contributed by atoms with van der Waals surface area (Å²) in [5.41, 5.74) is 0.650. The van der Waals surface area contributed by atoms with E-state index in [1.807, 2.05) is 45.0 Å². The van der Waals surface area contributed by atoms with E-state index in [1.54, 1.807) is 20.8 Å². The van der Waals surface area contributed by atoms with Crippen molar-refractivity contribution in [2.24, 2.45) is 0 Å². The van der Waals surface area contributed by atoms with Crippen molar-refractivity contribution in [3.8, 4) is 0 Å². The molecular weight excluding hydrogens is 522 g/mol. The molecule has 1 aromatic carbocycles. The number of amides is 1. The van der Waals surface area contributed by atoms with Crippen LogP contribution < -0.4 is 10.9 Å². The van der Waals surface area contributed by atoms with Gasteiger partial charge in [-0.2, -0.15) is 0 Å². The SMILES string of the molecule is CC.Cc1ccc(CNC(=O)c2cc3c(Cl)c(Br)cnc3n(CC(=O)OC(C)(C)C)c2=O)cc1. The van der Waals surface area contributed by atoms with Crippen LogP contribution in [0.15, 0.2) is 45.8 Å². The van der Waals surface area contributed by atoms with E-state index in [2.05, 4.69) is 26.2 Å². The van der Waals surface area contributed by atoms with Crippen LogP contribution in [0.1, 0.15) is 56.1 Å². The fraction of sp³-hybridized carbons (Fsp3) is 0.360. The smallest absolute Gasteiger partial charge is 0.326 e. The van der Waals surface area contributed by atoms with Crippen LogP contribution in [0, 0.1) is 6.92 Å². The van der Waals surface area contributed by atoms with Crippen LogP contribution in [0.2, 0.25) is 5.02 Å². The number of aryl methyl sites for hydroxylation is 1. The molecule has 0 aliphatic rings. The van der Waals surface area contributed by atoms with Crippen molar-refractivity contribution < 1.29 is 14.3 Å². The number of halogens is 2. The van der Waals surface area contributed by atoms with Crippen LogP contribution in [0.25, 0.3) is 11.0 Å². The lowest BCUT2D eigenvalue weighted by atomic mass is 10.1. The lowest BCUT2D eigenvalue weighted by Gasteiger charge is -2.20. The number of carbonyl (C=O) groups is 2. The summed E-state index contributed by atoms with van der Waals surface area (Å²) >= 11 is 9.71. The first-order valence-corrected chi connectivity index (χ1v) is 12.1. The Bertz CT molecular complexity index is 1250. The quantitative estimate of drug-likeness (QED) is 0.429. The zero-order valence-corrected chi connectivity index (χ0v) is 22.5. The first-order valence-electron chi connectivity index (χ1n) is 10.9. The van der Waals surface area contributed by atoms with E-state index in [0.29, 0.717) is 9.86 Å². The number of ether oxygens (including phenoxy) is 1. The van der Waals surface area contributed by atoms with E-state index in [-0.39, 0.29) is 22.8 Å². The summed E-state index contributed by atoms with van der Waals surface area (Å²) in [6, 6.07) is 9.07. The molecule has 0 atom stereocenters. The molecule has 2 aromatic heterocycles. The highest BCUT2D eigenvalue weighted by Crippen LogP contribution is 2.29. The Morgan fingerprint density at radius 2 is 1.79 bits per heavy atom. The van der Waals surface area contributed by atoms with Gasteiger partial charge in [0.05, 0.1) is 9.50 Å². The second-order valence-corrected chi connectivity index (χ2v) is 9.59. The summed E-state index contributed by atoms with van der Waals surface area (Å²) in [5.74, 6) is -1.20. The van der Waals surface area contributed by atoms with Crippen LogP contribution in [0.3, 0.4) is 0 Å².